The highest BCUT2D eigenvalue weighted by Gasteiger charge is 2.21. The third kappa shape index (κ3) is 5.17. The standard InChI is InChI=1S/C12H24N2O.ClH/c1-3-4-5-8-12(15)14-9-6-7-11(10-14)13-2;/h11,13H,3-10H2,1-2H3;1H. The zero-order valence-corrected chi connectivity index (χ0v) is 11.3. The number of rotatable bonds is 5. The van der Waals surface area contributed by atoms with Crippen LogP contribution in [0.1, 0.15) is 45.4 Å². The number of piperidine rings is 1. The van der Waals surface area contributed by atoms with E-state index in [1.165, 1.54) is 19.3 Å². The molecular formula is C12H25ClN2O. The number of nitrogens with one attached hydrogen (secondary N) is 1. The molecule has 1 aliphatic heterocycles. The van der Waals surface area contributed by atoms with Gasteiger partial charge in [-0.1, -0.05) is 19.8 Å². The topological polar surface area (TPSA) is 32.3 Å². The molecule has 0 aromatic carbocycles. The van der Waals surface area contributed by atoms with Crippen LogP contribution in [0.5, 0.6) is 0 Å². The molecule has 96 valence electrons. The van der Waals surface area contributed by atoms with E-state index in [2.05, 4.69) is 12.2 Å². The summed E-state index contributed by atoms with van der Waals surface area (Å²) in [6, 6.07) is 0.508. The second-order valence-electron chi connectivity index (χ2n) is 4.42. The van der Waals surface area contributed by atoms with Crippen molar-refractivity contribution < 1.29 is 4.79 Å². The molecule has 16 heavy (non-hydrogen) atoms. The van der Waals surface area contributed by atoms with E-state index in [4.69, 9.17) is 0 Å². The number of likely N-dealkylation sites (N-methyl/N-ethyl adjacent to an activating group) is 1. The number of hydrogen-bond acceptors (Lipinski definition) is 2. The van der Waals surface area contributed by atoms with Gasteiger partial charge in [0.05, 0.1) is 0 Å². The van der Waals surface area contributed by atoms with Gasteiger partial charge in [-0.05, 0) is 26.3 Å². The molecule has 1 heterocycles. The lowest BCUT2D eigenvalue weighted by atomic mass is 10.1. The fourth-order valence-corrected chi connectivity index (χ4v) is 2.12. The number of carbonyl (C=O) groups excluding carboxylic acids is 1. The lowest BCUT2D eigenvalue weighted by molar-refractivity contribution is -0.132. The van der Waals surface area contributed by atoms with E-state index in [0.717, 1.165) is 32.4 Å². The zero-order valence-electron chi connectivity index (χ0n) is 10.5. The average Bonchev–Trinajstić information content (AvgIpc) is 2.29. The summed E-state index contributed by atoms with van der Waals surface area (Å²) < 4.78 is 0. The van der Waals surface area contributed by atoms with Crippen molar-refractivity contribution in [2.75, 3.05) is 20.1 Å². The van der Waals surface area contributed by atoms with Crippen LogP contribution >= 0.6 is 12.4 Å². The molecule has 0 aromatic rings. The molecule has 0 aliphatic carbocycles. The largest absolute Gasteiger partial charge is 0.341 e. The minimum absolute atomic E-state index is 0. The highest BCUT2D eigenvalue weighted by molar-refractivity contribution is 5.85. The Morgan fingerprint density at radius 2 is 2.19 bits per heavy atom. The Hall–Kier alpha value is -0.280. The molecule has 3 nitrogen and oxygen atoms in total. The van der Waals surface area contributed by atoms with Crippen molar-refractivity contribution in [3.05, 3.63) is 0 Å². The molecule has 1 saturated heterocycles. The fraction of sp³-hybridized carbons (Fsp3) is 0.917. The fourth-order valence-electron chi connectivity index (χ4n) is 2.12. The van der Waals surface area contributed by atoms with Gasteiger partial charge in [-0.15, -0.1) is 12.4 Å². The van der Waals surface area contributed by atoms with Crippen LogP contribution in [0.2, 0.25) is 0 Å². The third-order valence-electron chi connectivity index (χ3n) is 3.18. The number of amides is 1. The first-order chi connectivity index (χ1) is 7.27. The van der Waals surface area contributed by atoms with Gasteiger partial charge in [0.25, 0.3) is 0 Å². The summed E-state index contributed by atoms with van der Waals surface area (Å²) in [6.45, 7) is 4.03. The predicted molar refractivity (Wildman–Crippen MR) is 70.1 cm³/mol. The average molecular weight is 249 g/mol. The molecule has 4 heteroatoms. The number of unbranched alkanes of at least 4 members (excludes halogenated alkanes) is 2. The van der Waals surface area contributed by atoms with Gasteiger partial charge in [0.2, 0.25) is 5.91 Å². The van der Waals surface area contributed by atoms with Gasteiger partial charge < -0.3 is 10.2 Å². The van der Waals surface area contributed by atoms with E-state index in [0.29, 0.717) is 11.9 Å². The lowest BCUT2D eigenvalue weighted by Gasteiger charge is -2.32. The monoisotopic (exact) mass is 248 g/mol. The number of halogens is 1. The maximum Gasteiger partial charge on any atom is 0.222 e. The van der Waals surface area contributed by atoms with E-state index in [1.807, 2.05) is 11.9 Å². The SMILES string of the molecule is CCCCCC(=O)N1CCCC(NC)C1.Cl. The molecule has 1 amide bonds. The smallest absolute Gasteiger partial charge is 0.222 e. The Labute approximate surface area is 105 Å². The minimum Gasteiger partial charge on any atom is -0.341 e. The van der Waals surface area contributed by atoms with E-state index in [-0.39, 0.29) is 12.4 Å². The van der Waals surface area contributed by atoms with Crippen molar-refractivity contribution in [1.29, 1.82) is 0 Å². The molecule has 0 radical (unpaired) electrons. The molecule has 0 saturated carbocycles. The van der Waals surface area contributed by atoms with E-state index >= 15 is 0 Å². The Balaban J connectivity index is 0.00000225. The molecule has 1 fully saturated rings. The van der Waals surface area contributed by atoms with E-state index in [1.54, 1.807) is 0 Å². The first-order valence-electron chi connectivity index (χ1n) is 6.23. The van der Waals surface area contributed by atoms with Crippen LogP contribution < -0.4 is 5.32 Å². The van der Waals surface area contributed by atoms with Crippen LogP contribution in [0, 0.1) is 0 Å². The molecule has 1 aliphatic rings. The van der Waals surface area contributed by atoms with Gasteiger partial charge in [-0.3, -0.25) is 4.79 Å². The van der Waals surface area contributed by atoms with Gasteiger partial charge in [-0.2, -0.15) is 0 Å². The molecule has 0 bridgehead atoms. The van der Waals surface area contributed by atoms with E-state index < -0.39 is 0 Å². The summed E-state index contributed by atoms with van der Waals surface area (Å²) >= 11 is 0. The van der Waals surface area contributed by atoms with Gasteiger partial charge in [0.15, 0.2) is 0 Å². The summed E-state index contributed by atoms with van der Waals surface area (Å²) in [5.41, 5.74) is 0. The molecule has 0 aromatic heterocycles. The van der Waals surface area contributed by atoms with Crippen molar-refractivity contribution in [2.24, 2.45) is 0 Å². The third-order valence-corrected chi connectivity index (χ3v) is 3.18. The first-order valence-corrected chi connectivity index (χ1v) is 6.23. The van der Waals surface area contributed by atoms with Gasteiger partial charge in [-0.25, -0.2) is 0 Å². The minimum atomic E-state index is 0. The second-order valence-corrected chi connectivity index (χ2v) is 4.42. The number of carbonyl (C=O) groups is 1. The molecule has 0 spiro atoms. The maximum atomic E-state index is 11.8. The summed E-state index contributed by atoms with van der Waals surface area (Å²) in [5.74, 6) is 0.350. The summed E-state index contributed by atoms with van der Waals surface area (Å²) in [7, 11) is 1.98. The Morgan fingerprint density at radius 3 is 2.81 bits per heavy atom. The molecule has 1 atom stereocenters. The highest BCUT2D eigenvalue weighted by atomic mass is 35.5. The van der Waals surface area contributed by atoms with Gasteiger partial charge >= 0.3 is 0 Å². The first kappa shape index (κ1) is 15.7. The van der Waals surface area contributed by atoms with Crippen LogP contribution in [0.15, 0.2) is 0 Å². The van der Waals surface area contributed by atoms with Crippen molar-refractivity contribution in [3.8, 4) is 0 Å². The van der Waals surface area contributed by atoms with Crippen LogP contribution in [0.25, 0.3) is 0 Å². The van der Waals surface area contributed by atoms with Crippen molar-refractivity contribution in [2.45, 2.75) is 51.5 Å². The Bertz CT molecular complexity index is 199. The van der Waals surface area contributed by atoms with E-state index in [9.17, 15) is 4.79 Å². The number of nitrogens with zero attached hydrogens (tertiary/aromatic N) is 1. The van der Waals surface area contributed by atoms with Crippen molar-refractivity contribution >= 4 is 18.3 Å². The number of likely N-dealkylation sites (tertiary alicyclic amines) is 1. The van der Waals surface area contributed by atoms with Gasteiger partial charge in [0, 0.05) is 25.6 Å². The molecule has 1 unspecified atom stereocenters. The van der Waals surface area contributed by atoms with Crippen LogP contribution in [-0.4, -0.2) is 37.0 Å². The zero-order chi connectivity index (χ0) is 11.1. The quantitative estimate of drug-likeness (QED) is 0.757. The molecule has 1 rings (SSSR count). The van der Waals surface area contributed by atoms with Gasteiger partial charge in [0.1, 0.15) is 0 Å². The molecule has 1 N–H and O–H groups in total. The van der Waals surface area contributed by atoms with Crippen LogP contribution in [-0.2, 0) is 4.79 Å². The van der Waals surface area contributed by atoms with Crippen LogP contribution in [0.4, 0.5) is 0 Å². The van der Waals surface area contributed by atoms with Crippen molar-refractivity contribution in [1.82, 2.24) is 10.2 Å². The highest BCUT2D eigenvalue weighted by Crippen LogP contribution is 2.12. The summed E-state index contributed by atoms with van der Waals surface area (Å²) in [4.78, 5) is 13.9. The predicted octanol–water partition coefficient (Wildman–Crippen LogP) is 2.20. The molecular weight excluding hydrogens is 224 g/mol. The summed E-state index contributed by atoms with van der Waals surface area (Å²) in [6.07, 6.45) is 6.50. The Morgan fingerprint density at radius 1 is 1.44 bits per heavy atom. The maximum absolute atomic E-state index is 11.8. The van der Waals surface area contributed by atoms with Crippen LogP contribution in [0.3, 0.4) is 0 Å². The second kappa shape index (κ2) is 8.82. The summed E-state index contributed by atoms with van der Waals surface area (Å²) in [5, 5.41) is 3.26. The number of hydrogen-bond donors (Lipinski definition) is 1. The Kier molecular flexibility index (Phi) is 8.67. The van der Waals surface area contributed by atoms with Crippen molar-refractivity contribution in [3.63, 3.8) is 0 Å². The normalized spacial score (nSPS) is 20.4. The lowest BCUT2D eigenvalue weighted by Crippen LogP contribution is -2.46.